The highest BCUT2D eigenvalue weighted by Crippen LogP contribution is 2.33. The van der Waals surface area contributed by atoms with E-state index in [1.165, 1.54) is 25.1 Å². The smallest absolute Gasteiger partial charge is 0.263 e. The van der Waals surface area contributed by atoms with Crippen molar-refractivity contribution in [2.75, 3.05) is 21.9 Å². The largest absolute Gasteiger partial charge is 0.497 e. The van der Waals surface area contributed by atoms with Crippen LogP contribution in [0.4, 0.5) is 10.8 Å². The highest BCUT2D eigenvalue weighted by molar-refractivity contribution is 7.94. The van der Waals surface area contributed by atoms with E-state index in [-0.39, 0.29) is 21.5 Å². The van der Waals surface area contributed by atoms with Crippen LogP contribution in [0.1, 0.15) is 12.5 Å². The third kappa shape index (κ3) is 3.86. The molecule has 1 unspecified atom stereocenters. The molecule has 1 amide bonds. The van der Waals surface area contributed by atoms with Crippen LogP contribution in [0, 0.1) is 12.8 Å². The standard InChI is InChI=1S/C19H19N3O6S3/c1-11-8-13(22-18(23)12(2)10-30(22,24)25)4-7-17(11)31(26,27)21-19-20-15-6-5-14(28-3)9-16(15)29-19/h4-9,12H,10H2,1-3H3,(H,20,21). The fourth-order valence-corrected chi connectivity index (χ4v) is 7.56. The number of anilines is 2. The van der Waals surface area contributed by atoms with Gasteiger partial charge in [0.1, 0.15) is 5.75 Å². The van der Waals surface area contributed by atoms with Gasteiger partial charge in [0, 0.05) is 0 Å². The number of carbonyl (C=O) groups excluding carboxylic acids is 1. The second-order valence-corrected chi connectivity index (χ2v) is 11.7. The Labute approximate surface area is 183 Å². The van der Waals surface area contributed by atoms with Crippen LogP contribution < -0.4 is 13.8 Å². The maximum absolute atomic E-state index is 12.9. The summed E-state index contributed by atoms with van der Waals surface area (Å²) in [5.74, 6) is -0.807. The monoisotopic (exact) mass is 481 g/mol. The van der Waals surface area contributed by atoms with Crippen molar-refractivity contribution in [2.45, 2.75) is 18.7 Å². The molecule has 1 aliphatic rings. The quantitative estimate of drug-likeness (QED) is 0.594. The lowest BCUT2D eigenvalue weighted by atomic mass is 10.2. The number of nitrogens with one attached hydrogen (secondary N) is 1. The van der Waals surface area contributed by atoms with Gasteiger partial charge in [0.2, 0.25) is 15.9 Å². The number of hydrogen-bond donors (Lipinski definition) is 1. The molecule has 0 spiro atoms. The summed E-state index contributed by atoms with van der Waals surface area (Å²) >= 11 is 1.16. The first-order valence-electron chi connectivity index (χ1n) is 9.17. The van der Waals surface area contributed by atoms with Gasteiger partial charge in [-0.1, -0.05) is 18.3 Å². The molecule has 164 valence electrons. The Hall–Kier alpha value is -2.70. The van der Waals surface area contributed by atoms with Gasteiger partial charge in [0.25, 0.3) is 10.0 Å². The summed E-state index contributed by atoms with van der Waals surface area (Å²) in [7, 11) is -6.22. The first-order chi connectivity index (χ1) is 14.5. The summed E-state index contributed by atoms with van der Waals surface area (Å²) in [5, 5.41) is 0.192. The van der Waals surface area contributed by atoms with E-state index < -0.39 is 31.9 Å². The highest BCUT2D eigenvalue weighted by Gasteiger charge is 2.42. The summed E-state index contributed by atoms with van der Waals surface area (Å²) in [5.41, 5.74) is 1.05. The van der Waals surface area contributed by atoms with Crippen molar-refractivity contribution in [1.82, 2.24) is 4.98 Å². The molecule has 31 heavy (non-hydrogen) atoms. The van der Waals surface area contributed by atoms with Crippen LogP contribution in [0.15, 0.2) is 41.3 Å². The number of carbonyl (C=O) groups is 1. The van der Waals surface area contributed by atoms with Crippen molar-refractivity contribution in [3.63, 3.8) is 0 Å². The van der Waals surface area contributed by atoms with Gasteiger partial charge in [-0.15, -0.1) is 0 Å². The Morgan fingerprint density at radius 1 is 1.23 bits per heavy atom. The third-order valence-corrected chi connectivity index (χ3v) is 9.29. The molecule has 1 aliphatic heterocycles. The van der Waals surface area contributed by atoms with Gasteiger partial charge >= 0.3 is 0 Å². The maximum Gasteiger partial charge on any atom is 0.263 e. The van der Waals surface area contributed by atoms with Crippen LogP contribution in [-0.2, 0) is 24.8 Å². The molecule has 1 fully saturated rings. The van der Waals surface area contributed by atoms with E-state index in [1.54, 1.807) is 32.2 Å². The van der Waals surface area contributed by atoms with Crippen LogP contribution in [-0.4, -0.2) is 40.6 Å². The van der Waals surface area contributed by atoms with Crippen LogP contribution in [0.2, 0.25) is 0 Å². The average Bonchev–Trinajstić information content (AvgIpc) is 3.16. The van der Waals surface area contributed by atoms with Crippen molar-refractivity contribution in [1.29, 1.82) is 0 Å². The third-order valence-electron chi connectivity index (χ3n) is 4.86. The number of ether oxygens (including phenoxy) is 1. The number of hydrogen-bond acceptors (Lipinski definition) is 8. The van der Waals surface area contributed by atoms with Crippen LogP contribution in [0.3, 0.4) is 0 Å². The average molecular weight is 482 g/mol. The van der Waals surface area contributed by atoms with Crippen molar-refractivity contribution in [3.05, 3.63) is 42.0 Å². The van der Waals surface area contributed by atoms with Gasteiger partial charge in [0.05, 0.1) is 39.6 Å². The number of methoxy groups -OCH3 is 1. The number of aromatic nitrogens is 1. The molecule has 9 nitrogen and oxygen atoms in total. The SMILES string of the molecule is COc1ccc2nc(NS(=O)(=O)c3ccc(N4C(=O)C(C)CS4(=O)=O)cc3C)sc2c1. The zero-order valence-corrected chi connectivity index (χ0v) is 19.3. The second-order valence-electron chi connectivity index (χ2n) is 7.19. The lowest BCUT2D eigenvalue weighted by Crippen LogP contribution is -2.30. The molecule has 1 saturated heterocycles. The van der Waals surface area contributed by atoms with E-state index in [1.807, 2.05) is 0 Å². The topological polar surface area (TPSA) is 123 Å². The molecule has 3 aromatic rings. The summed E-state index contributed by atoms with van der Waals surface area (Å²) in [6, 6.07) is 9.22. The lowest BCUT2D eigenvalue weighted by molar-refractivity contribution is -0.119. The van der Waals surface area contributed by atoms with Gasteiger partial charge in [-0.05, 0) is 48.9 Å². The van der Waals surface area contributed by atoms with Crippen LogP contribution in [0.25, 0.3) is 10.2 Å². The predicted molar refractivity (Wildman–Crippen MR) is 119 cm³/mol. The number of rotatable bonds is 5. The molecule has 0 radical (unpaired) electrons. The highest BCUT2D eigenvalue weighted by atomic mass is 32.2. The zero-order chi connectivity index (χ0) is 22.6. The summed E-state index contributed by atoms with van der Waals surface area (Å²) in [6.45, 7) is 3.08. The number of amides is 1. The molecule has 2 aromatic carbocycles. The molecular weight excluding hydrogens is 462 g/mol. The van der Waals surface area contributed by atoms with Crippen LogP contribution >= 0.6 is 11.3 Å². The second kappa shape index (κ2) is 7.46. The Morgan fingerprint density at radius 3 is 2.58 bits per heavy atom. The lowest BCUT2D eigenvalue weighted by Gasteiger charge is -2.17. The Bertz CT molecular complexity index is 1410. The zero-order valence-electron chi connectivity index (χ0n) is 16.8. The number of nitrogens with zero attached hydrogens (tertiary/aromatic N) is 2. The van der Waals surface area contributed by atoms with E-state index in [9.17, 15) is 21.6 Å². The minimum atomic E-state index is -3.99. The Morgan fingerprint density at radius 2 is 1.97 bits per heavy atom. The first kappa shape index (κ1) is 21.5. The molecule has 1 N–H and O–H groups in total. The number of sulfonamides is 2. The number of thiazole rings is 1. The van der Waals surface area contributed by atoms with E-state index in [4.69, 9.17) is 4.74 Å². The van der Waals surface area contributed by atoms with Gasteiger partial charge < -0.3 is 4.74 Å². The van der Waals surface area contributed by atoms with Gasteiger partial charge in [-0.2, -0.15) is 0 Å². The molecule has 4 rings (SSSR count). The maximum atomic E-state index is 12.9. The van der Waals surface area contributed by atoms with Crippen molar-refractivity contribution in [2.24, 2.45) is 5.92 Å². The van der Waals surface area contributed by atoms with Gasteiger partial charge in [-0.25, -0.2) is 26.1 Å². The fourth-order valence-electron chi connectivity index (χ4n) is 3.39. The van der Waals surface area contributed by atoms with Crippen LogP contribution in [0.5, 0.6) is 5.75 Å². The molecule has 12 heteroatoms. The fraction of sp³-hybridized carbons (Fsp3) is 0.263. The molecule has 1 aromatic heterocycles. The predicted octanol–water partition coefficient (Wildman–Crippen LogP) is 2.73. The molecule has 2 heterocycles. The minimum absolute atomic E-state index is 0.0369. The van der Waals surface area contributed by atoms with Gasteiger partial charge in [0.15, 0.2) is 5.13 Å². The van der Waals surface area contributed by atoms with Crippen molar-refractivity contribution in [3.8, 4) is 5.75 Å². The van der Waals surface area contributed by atoms with E-state index in [0.717, 1.165) is 20.3 Å². The molecule has 1 atom stereocenters. The van der Waals surface area contributed by atoms with Crippen molar-refractivity contribution >= 4 is 58.3 Å². The minimum Gasteiger partial charge on any atom is -0.497 e. The number of aryl methyl sites for hydroxylation is 1. The van der Waals surface area contributed by atoms with Gasteiger partial charge in [-0.3, -0.25) is 9.52 Å². The Kier molecular flexibility index (Phi) is 5.18. The number of fused-ring (bicyclic) bond motifs is 1. The molecule has 0 bridgehead atoms. The van der Waals surface area contributed by atoms with E-state index >= 15 is 0 Å². The van der Waals surface area contributed by atoms with Crippen molar-refractivity contribution < 1.29 is 26.4 Å². The summed E-state index contributed by atoms with van der Waals surface area (Å²) in [4.78, 5) is 16.5. The first-order valence-corrected chi connectivity index (χ1v) is 13.1. The summed E-state index contributed by atoms with van der Waals surface area (Å²) < 4.78 is 59.6. The summed E-state index contributed by atoms with van der Waals surface area (Å²) in [6.07, 6.45) is 0. The Balaban J connectivity index is 1.65. The van der Waals surface area contributed by atoms with E-state index in [2.05, 4.69) is 9.71 Å². The number of benzene rings is 2. The normalized spacial score (nSPS) is 18.5. The molecular formula is C19H19N3O6S3. The molecule has 0 aliphatic carbocycles. The molecule has 0 saturated carbocycles. The van der Waals surface area contributed by atoms with E-state index in [0.29, 0.717) is 16.8 Å².